The van der Waals surface area contributed by atoms with Crippen molar-refractivity contribution in [3.8, 4) is 23.0 Å². The average Bonchev–Trinajstić information content (AvgIpc) is 2.70. The van der Waals surface area contributed by atoms with Crippen LogP contribution in [0.5, 0.6) is 23.0 Å². The van der Waals surface area contributed by atoms with Crippen molar-refractivity contribution >= 4 is 62.2 Å². The van der Waals surface area contributed by atoms with Crippen LogP contribution in [0.25, 0.3) is 12.2 Å². The van der Waals surface area contributed by atoms with E-state index in [1.165, 1.54) is 14.2 Å². The van der Waals surface area contributed by atoms with E-state index in [1.807, 2.05) is 0 Å². The van der Waals surface area contributed by atoms with Crippen molar-refractivity contribution in [1.82, 2.24) is 5.32 Å². The molecule has 3 N–H and O–H groups in total. The van der Waals surface area contributed by atoms with Gasteiger partial charge in [0.1, 0.15) is 0 Å². The van der Waals surface area contributed by atoms with E-state index in [9.17, 15) is 15.0 Å². The lowest BCUT2D eigenvalue weighted by atomic mass is 9.95. The molecule has 160 valence electrons. The molecule has 0 radical (unpaired) electrons. The van der Waals surface area contributed by atoms with E-state index in [1.54, 1.807) is 36.4 Å². The van der Waals surface area contributed by atoms with Gasteiger partial charge < -0.3 is 25.0 Å². The normalized spacial score (nSPS) is 16.5. The molecule has 0 saturated carbocycles. The number of ketones is 1. The molecule has 3 rings (SSSR count). The highest BCUT2D eigenvalue weighted by molar-refractivity contribution is 9.10. The molecule has 0 unspecified atom stereocenters. The summed E-state index contributed by atoms with van der Waals surface area (Å²) < 4.78 is 11.3. The second-order valence-electron chi connectivity index (χ2n) is 6.38. The maximum Gasteiger partial charge on any atom is 0.187 e. The number of hydrogen-bond acceptors (Lipinski definition) is 6. The number of phenolic OH excluding ortho intramolecular Hbond substituents is 2. The number of methoxy groups -OCH3 is 2. The zero-order valence-corrected chi connectivity index (χ0v) is 20.2. The topological polar surface area (TPSA) is 88.0 Å². The van der Waals surface area contributed by atoms with Crippen molar-refractivity contribution in [3.63, 3.8) is 0 Å². The van der Waals surface area contributed by atoms with E-state index in [0.29, 0.717) is 44.7 Å². The minimum Gasteiger partial charge on any atom is -0.503 e. The molecule has 0 aliphatic carbocycles. The summed E-state index contributed by atoms with van der Waals surface area (Å²) in [5, 5.41) is 23.1. The van der Waals surface area contributed by atoms with Crippen LogP contribution in [0.1, 0.15) is 11.1 Å². The Morgan fingerprint density at radius 1 is 0.867 bits per heavy atom. The van der Waals surface area contributed by atoms with E-state index < -0.39 is 0 Å². The van der Waals surface area contributed by atoms with Gasteiger partial charge in [0, 0.05) is 24.2 Å². The van der Waals surface area contributed by atoms with E-state index in [2.05, 4.69) is 37.2 Å². The Bertz CT molecular complexity index is 957. The molecule has 30 heavy (non-hydrogen) atoms. The third-order valence-electron chi connectivity index (χ3n) is 4.44. The minimum atomic E-state index is -0.0740. The number of carbonyl (C=O) groups excluding carboxylic acids is 1. The number of ether oxygens (including phenoxy) is 2. The number of carbonyl (C=O) groups is 1. The van der Waals surface area contributed by atoms with Gasteiger partial charge in [-0.2, -0.15) is 0 Å². The molecule has 0 spiro atoms. The van der Waals surface area contributed by atoms with Gasteiger partial charge in [0.2, 0.25) is 0 Å². The predicted molar refractivity (Wildman–Crippen MR) is 126 cm³/mol. The largest absolute Gasteiger partial charge is 0.503 e. The van der Waals surface area contributed by atoms with Crippen LogP contribution in [0.15, 0.2) is 44.4 Å². The lowest BCUT2D eigenvalue weighted by molar-refractivity contribution is -0.112. The Hall–Kier alpha value is -2.00. The van der Waals surface area contributed by atoms with E-state index in [0.717, 1.165) is 11.1 Å². The fourth-order valence-corrected chi connectivity index (χ4v) is 3.92. The number of phenols is 2. The van der Waals surface area contributed by atoms with Crippen molar-refractivity contribution < 1.29 is 24.5 Å². The Kier molecular flexibility index (Phi) is 8.37. The summed E-state index contributed by atoms with van der Waals surface area (Å²) in [5.41, 5.74) is 2.64. The predicted octanol–water partition coefficient (Wildman–Crippen LogP) is 4.70. The first kappa shape index (κ1) is 24.3. The smallest absolute Gasteiger partial charge is 0.187 e. The summed E-state index contributed by atoms with van der Waals surface area (Å²) in [6.45, 7) is 0.860. The van der Waals surface area contributed by atoms with Crippen molar-refractivity contribution in [2.24, 2.45) is 0 Å². The van der Waals surface area contributed by atoms with Gasteiger partial charge in [0.05, 0.1) is 23.2 Å². The van der Waals surface area contributed by atoms with Crippen LogP contribution >= 0.6 is 44.3 Å². The Morgan fingerprint density at radius 2 is 1.27 bits per heavy atom. The van der Waals surface area contributed by atoms with Crippen molar-refractivity contribution in [1.29, 1.82) is 0 Å². The molecule has 0 aromatic heterocycles. The van der Waals surface area contributed by atoms with Crippen LogP contribution in [-0.2, 0) is 4.79 Å². The average molecular weight is 562 g/mol. The molecule has 1 aliphatic heterocycles. The summed E-state index contributed by atoms with van der Waals surface area (Å²) in [5.74, 6) is 0.582. The number of piperidine rings is 1. The number of nitrogens with one attached hydrogen (secondary N) is 1. The number of aromatic hydroxyl groups is 2. The Balaban J connectivity index is 0.00000320. The van der Waals surface area contributed by atoms with Gasteiger partial charge in [-0.3, -0.25) is 4.79 Å². The summed E-state index contributed by atoms with van der Waals surface area (Å²) in [6, 6.07) is 6.77. The molecule has 0 amide bonds. The molecule has 6 nitrogen and oxygen atoms in total. The van der Waals surface area contributed by atoms with Gasteiger partial charge in [0.25, 0.3) is 0 Å². The van der Waals surface area contributed by atoms with Crippen LogP contribution in [0.4, 0.5) is 0 Å². The Labute approximate surface area is 197 Å². The molecule has 0 atom stereocenters. The molecular formula is C21H20Br2ClNO5. The zero-order valence-electron chi connectivity index (χ0n) is 16.2. The Morgan fingerprint density at radius 3 is 1.63 bits per heavy atom. The van der Waals surface area contributed by atoms with Crippen molar-refractivity contribution in [2.75, 3.05) is 27.3 Å². The highest BCUT2D eigenvalue weighted by Crippen LogP contribution is 2.37. The highest BCUT2D eigenvalue weighted by Gasteiger charge is 2.21. The van der Waals surface area contributed by atoms with Crippen LogP contribution < -0.4 is 14.8 Å². The summed E-state index contributed by atoms with van der Waals surface area (Å²) >= 11 is 6.58. The van der Waals surface area contributed by atoms with Gasteiger partial charge in [-0.15, -0.1) is 12.4 Å². The number of hydrogen-bond donors (Lipinski definition) is 3. The third kappa shape index (κ3) is 5.18. The molecule has 2 aromatic carbocycles. The zero-order chi connectivity index (χ0) is 21.1. The van der Waals surface area contributed by atoms with Crippen LogP contribution in [0, 0.1) is 0 Å². The van der Waals surface area contributed by atoms with Gasteiger partial charge in [0.15, 0.2) is 28.8 Å². The van der Waals surface area contributed by atoms with Gasteiger partial charge >= 0.3 is 0 Å². The van der Waals surface area contributed by atoms with Crippen molar-refractivity contribution in [3.05, 3.63) is 55.5 Å². The van der Waals surface area contributed by atoms with E-state index in [4.69, 9.17) is 9.47 Å². The number of benzene rings is 2. The standard InChI is InChI=1S/C21H19Br2NO5.ClH/c1-28-17-7-11(5-15(22)20(17)26)3-13-9-24-10-14(19(13)25)4-12-6-16(23)21(27)18(8-12)29-2;/h3-8,24,26-27H,9-10H2,1-2H3;1H/b13-3+,14-4+;. The molecule has 1 saturated heterocycles. The van der Waals surface area contributed by atoms with Crippen molar-refractivity contribution in [2.45, 2.75) is 0 Å². The fourth-order valence-electron chi connectivity index (χ4n) is 3.00. The number of halogens is 3. The summed E-state index contributed by atoms with van der Waals surface area (Å²) in [4.78, 5) is 13.0. The summed E-state index contributed by atoms with van der Waals surface area (Å²) in [6.07, 6.45) is 3.53. The molecule has 9 heteroatoms. The van der Waals surface area contributed by atoms with Crippen LogP contribution in [0.2, 0.25) is 0 Å². The molecule has 2 aromatic rings. The lowest BCUT2D eigenvalue weighted by Crippen LogP contribution is -2.32. The SMILES string of the molecule is COc1cc(/C=C2\CNC/C(=C\c3cc(Br)c(O)c(OC)c3)C2=O)cc(Br)c1O.Cl. The number of rotatable bonds is 4. The monoisotopic (exact) mass is 559 g/mol. The molecule has 0 bridgehead atoms. The number of Topliss-reactive ketones (excluding diaryl/α,β-unsaturated/α-hetero) is 1. The summed E-state index contributed by atoms with van der Waals surface area (Å²) in [7, 11) is 2.94. The maximum atomic E-state index is 13.0. The van der Waals surface area contributed by atoms with Gasteiger partial charge in [-0.25, -0.2) is 0 Å². The van der Waals surface area contributed by atoms with Crippen LogP contribution in [0.3, 0.4) is 0 Å². The quantitative estimate of drug-likeness (QED) is 0.469. The molecule has 1 fully saturated rings. The third-order valence-corrected chi connectivity index (χ3v) is 5.65. The second-order valence-corrected chi connectivity index (χ2v) is 8.09. The molecule has 1 aliphatic rings. The maximum absolute atomic E-state index is 13.0. The van der Waals surface area contributed by atoms with Gasteiger partial charge in [-0.05, 0) is 79.4 Å². The second kappa shape index (κ2) is 10.3. The lowest BCUT2D eigenvalue weighted by Gasteiger charge is -2.18. The van der Waals surface area contributed by atoms with Gasteiger partial charge in [-0.1, -0.05) is 0 Å². The molecular weight excluding hydrogens is 541 g/mol. The first-order chi connectivity index (χ1) is 13.8. The first-order valence-electron chi connectivity index (χ1n) is 8.63. The van der Waals surface area contributed by atoms with Crippen LogP contribution in [-0.4, -0.2) is 43.3 Å². The van der Waals surface area contributed by atoms with E-state index in [-0.39, 0.29) is 29.7 Å². The first-order valence-corrected chi connectivity index (χ1v) is 10.2. The fraction of sp³-hybridized carbons (Fsp3) is 0.190. The van der Waals surface area contributed by atoms with E-state index >= 15 is 0 Å². The molecule has 1 heterocycles. The highest BCUT2D eigenvalue weighted by atomic mass is 79.9. The minimum absolute atomic E-state index is 0.